The number of rotatable bonds is 7. The SMILES string of the molecule is CN[C@@H](C)C(=O)N[C@H]1CN(C(=O)c2cccc(C(N)=O)c2)c2ccccc2N(Cc2c(C)ccc3ccccc23)C1=O.Cl. The maximum atomic E-state index is 14.3. The lowest BCUT2D eigenvalue weighted by Gasteiger charge is -2.27. The molecule has 4 aromatic rings. The Morgan fingerprint density at radius 3 is 2.33 bits per heavy atom. The second kappa shape index (κ2) is 13.1. The molecule has 1 heterocycles. The number of benzene rings is 4. The molecule has 0 spiro atoms. The summed E-state index contributed by atoms with van der Waals surface area (Å²) in [6.45, 7) is 3.82. The van der Waals surface area contributed by atoms with Gasteiger partial charge in [-0.25, -0.2) is 0 Å². The quantitative estimate of drug-likeness (QED) is 0.297. The first-order valence-electron chi connectivity index (χ1n) is 13.8. The number of nitrogens with one attached hydrogen (secondary N) is 2. The van der Waals surface area contributed by atoms with E-state index in [9.17, 15) is 19.2 Å². The van der Waals surface area contributed by atoms with Gasteiger partial charge in [0.05, 0.1) is 30.5 Å². The van der Waals surface area contributed by atoms with Crippen LogP contribution in [0.4, 0.5) is 11.4 Å². The van der Waals surface area contributed by atoms with E-state index in [1.54, 1.807) is 49.2 Å². The number of amides is 4. The summed E-state index contributed by atoms with van der Waals surface area (Å²) in [6, 6.07) is 23.8. The minimum atomic E-state index is -1.04. The zero-order valence-electron chi connectivity index (χ0n) is 24.2. The van der Waals surface area contributed by atoms with Crippen molar-refractivity contribution in [3.8, 4) is 0 Å². The van der Waals surface area contributed by atoms with Crippen molar-refractivity contribution < 1.29 is 19.2 Å². The van der Waals surface area contributed by atoms with Gasteiger partial charge in [-0.05, 0) is 73.1 Å². The fraction of sp³-hybridized carbons (Fsp3) is 0.212. The molecule has 5 rings (SSSR count). The molecule has 0 radical (unpaired) electrons. The first kappa shape index (κ1) is 31.2. The molecular weight excluding hydrogens is 566 g/mol. The summed E-state index contributed by atoms with van der Waals surface area (Å²) >= 11 is 0. The molecule has 0 saturated heterocycles. The number of hydrogen-bond acceptors (Lipinski definition) is 5. The van der Waals surface area contributed by atoms with Crippen LogP contribution >= 0.6 is 12.4 Å². The summed E-state index contributed by atoms with van der Waals surface area (Å²) in [5.74, 6) is -1.79. The zero-order chi connectivity index (χ0) is 30.0. The zero-order valence-corrected chi connectivity index (χ0v) is 25.0. The molecule has 222 valence electrons. The molecule has 10 heteroatoms. The average molecular weight is 600 g/mol. The lowest BCUT2D eigenvalue weighted by molar-refractivity contribution is -0.128. The predicted molar refractivity (Wildman–Crippen MR) is 171 cm³/mol. The normalized spacial score (nSPS) is 15.2. The van der Waals surface area contributed by atoms with Crippen molar-refractivity contribution in [3.63, 3.8) is 0 Å². The van der Waals surface area contributed by atoms with Crippen LogP contribution in [0.2, 0.25) is 0 Å². The van der Waals surface area contributed by atoms with Crippen LogP contribution < -0.4 is 26.2 Å². The van der Waals surface area contributed by atoms with Crippen LogP contribution in [-0.2, 0) is 16.1 Å². The Labute approximate surface area is 256 Å². The lowest BCUT2D eigenvalue weighted by Crippen LogP contribution is -2.55. The van der Waals surface area contributed by atoms with Gasteiger partial charge in [0.2, 0.25) is 11.8 Å². The standard InChI is InChI=1S/C33H33N5O4.ClH/c1-20-15-16-22-9-4-5-12-25(22)26(20)18-37-28-13-6-7-14-29(28)38(19-27(33(37)42)36-31(40)21(2)35-3)32(41)24-11-8-10-23(17-24)30(34)39;/h4-17,21,27,35H,18-19H2,1-3H3,(H2,34,39)(H,36,40);1H/t21-,27-;/m0./s1. The van der Waals surface area contributed by atoms with Gasteiger partial charge in [0.1, 0.15) is 6.04 Å². The number of halogens is 1. The summed E-state index contributed by atoms with van der Waals surface area (Å²) in [6.07, 6.45) is 0. The molecule has 0 aromatic heterocycles. The molecule has 4 aromatic carbocycles. The Hall–Kier alpha value is -4.73. The minimum Gasteiger partial charge on any atom is -0.366 e. The van der Waals surface area contributed by atoms with Gasteiger partial charge >= 0.3 is 0 Å². The van der Waals surface area contributed by atoms with Gasteiger partial charge in [0.25, 0.3) is 11.8 Å². The number of anilines is 2. The smallest absolute Gasteiger partial charge is 0.258 e. The molecular formula is C33H34ClN5O4. The number of nitrogens with zero attached hydrogens (tertiary/aromatic N) is 2. The Morgan fingerprint density at radius 1 is 0.930 bits per heavy atom. The van der Waals surface area contributed by atoms with Crippen molar-refractivity contribution in [2.24, 2.45) is 5.73 Å². The van der Waals surface area contributed by atoms with Gasteiger partial charge < -0.3 is 26.2 Å². The maximum Gasteiger partial charge on any atom is 0.258 e. The molecule has 1 aliphatic heterocycles. The predicted octanol–water partition coefficient (Wildman–Crippen LogP) is 3.96. The monoisotopic (exact) mass is 599 g/mol. The van der Waals surface area contributed by atoms with E-state index in [-0.39, 0.29) is 48.4 Å². The third-order valence-electron chi connectivity index (χ3n) is 7.77. The highest BCUT2D eigenvalue weighted by Crippen LogP contribution is 2.36. The van der Waals surface area contributed by atoms with E-state index in [0.717, 1.165) is 21.9 Å². The van der Waals surface area contributed by atoms with E-state index in [2.05, 4.69) is 16.7 Å². The number of hydrogen-bond donors (Lipinski definition) is 3. The number of nitrogens with two attached hydrogens (primary N) is 1. The van der Waals surface area contributed by atoms with E-state index >= 15 is 0 Å². The minimum absolute atomic E-state index is 0. The lowest BCUT2D eigenvalue weighted by atomic mass is 9.99. The van der Waals surface area contributed by atoms with Crippen LogP contribution in [0, 0.1) is 6.92 Å². The largest absolute Gasteiger partial charge is 0.366 e. The molecule has 43 heavy (non-hydrogen) atoms. The van der Waals surface area contributed by atoms with E-state index in [4.69, 9.17) is 5.73 Å². The Balaban J connectivity index is 0.00000423. The van der Waals surface area contributed by atoms with Crippen LogP contribution in [0.15, 0.2) is 84.9 Å². The highest BCUT2D eigenvalue weighted by atomic mass is 35.5. The second-order valence-electron chi connectivity index (χ2n) is 10.4. The van der Waals surface area contributed by atoms with E-state index in [1.165, 1.54) is 17.0 Å². The van der Waals surface area contributed by atoms with Gasteiger partial charge in [0.15, 0.2) is 0 Å². The second-order valence-corrected chi connectivity index (χ2v) is 10.4. The molecule has 1 aliphatic rings. The third-order valence-corrected chi connectivity index (χ3v) is 7.77. The fourth-order valence-electron chi connectivity index (χ4n) is 5.25. The van der Waals surface area contributed by atoms with Crippen molar-refractivity contribution in [3.05, 3.63) is 107 Å². The summed E-state index contributed by atoms with van der Waals surface area (Å²) in [5, 5.41) is 7.83. The number of para-hydroxylation sites is 2. The van der Waals surface area contributed by atoms with Gasteiger partial charge in [-0.3, -0.25) is 19.2 Å². The summed E-state index contributed by atoms with van der Waals surface area (Å²) < 4.78 is 0. The first-order chi connectivity index (χ1) is 20.2. The number of likely N-dealkylation sites (N-methyl/N-ethyl adjacent to an activating group) is 1. The van der Waals surface area contributed by atoms with Crippen LogP contribution in [0.5, 0.6) is 0 Å². The molecule has 0 unspecified atom stereocenters. The van der Waals surface area contributed by atoms with Crippen molar-refractivity contribution in [1.29, 1.82) is 0 Å². The Kier molecular flexibility index (Phi) is 9.48. The maximum absolute atomic E-state index is 14.3. The van der Waals surface area contributed by atoms with Crippen molar-refractivity contribution >= 4 is 58.2 Å². The summed E-state index contributed by atoms with van der Waals surface area (Å²) in [5.41, 5.74) is 8.94. The van der Waals surface area contributed by atoms with Crippen LogP contribution in [0.3, 0.4) is 0 Å². The highest BCUT2D eigenvalue weighted by molar-refractivity contribution is 6.13. The molecule has 2 atom stereocenters. The van der Waals surface area contributed by atoms with Crippen LogP contribution in [-0.4, -0.2) is 49.3 Å². The molecule has 0 fully saturated rings. The van der Waals surface area contributed by atoms with E-state index < -0.39 is 23.9 Å². The average Bonchev–Trinajstić information content (AvgIpc) is 3.12. The van der Waals surface area contributed by atoms with Crippen molar-refractivity contribution in [2.45, 2.75) is 32.5 Å². The topological polar surface area (TPSA) is 125 Å². The number of carbonyl (C=O) groups is 4. The van der Waals surface area contributed by atoms with E-state index in [0.29, 0.717) is 11.4 Å². The van der Waals surface area contributed by atoms with Gasteiger partial charge in [-0.2, -0.15) is 0 Å². The first-order valence-corrected chi connectivity index (χ1v) is 13.8. The van der Waals surface area contributed by atoms with Crippen LogP contribution in [0.25, 0.3) is 10.8 Å². The van der Waals surface area contributed by atoms with Gasteiger partial charge in [-0.15, -0.1) is 12.4 Å². The van der Waals surface area contributed by atoms with Crippen molar-refractivity contribution in [2.75, 3.05) is 23.4 Å². The molecule has 4 amide bonds. The molecule has 0 saturated carbocycles. The Bertz CT molecular complexity index is 1710. The summed E-state index contributed by atoms with van der Waals surface area (Å²) in [7, 11) is 1.66. The number of primary amides is 1. The number of carbonyl (C=O) groups excluding carboxylic acids is 4. The molecule has 4 N–H and O–H groups in total. The molecule has 9 nitrogen and oxygen atoms in total. The molecule has 0 bridgehead atoms. The van der Waals surface area contributed by atoms with E-state index in [1.807, 2.05) is 43.3 Å². The number of aryl methyl sites for hydroxylation is 1. The van der Waals surface area contributed by atoms with Gasteiger partial charge in [0, 0.05) is 11.1 Å². The highest BCUT2D eigenvalue weighted by Gasteiger charge is 2.38. The van der Waals surface area contributed by atoms with Crippen LogP contribution in [0.1, 0.15) is 38.8 Å². The Morgan fingerprint density at radius 2 is 1.60 bits per heavy atom. The fourth-order valence-corrected chi connectivity index (χ4v) is 5.25. The molecule has 0 aliphatic carbocycles. The van der Waals surface area contributed by atoms with Gasteiger partial charge in [-0.1, -0.05) is 54.6 Å². The van der Waals surface area contributed by atoms with Crippen molar-refractivity contribution in [1.82, 2.24) is 10.6 Å². The summed E-state index contributed by atoms with van der Waals surface area (Å²) in [4.78, 5) is 56.4. The number of fused-ring (bicyclic) bond motifs is 2. The third kappa shape index (κ3) is 6.23.